The lowest BCUT2D eigenvalue weighted by Crippen LogP contribution is -2.47. The van der Waals surface area contributed by atoms with Gasteiger partial charge in [-0.05, 0) is 128 Å². The van der Waals surface area contributed by atoms with Crippen molar-refractivity contribution in [1.82, 2.24) is 19.8 Å². The number of fused-ring (bicyclic) bond motifs is 7. The summed E-state index contributed by atoms with van der Waals surface area (Å²) in [5, 5.41) is 3.12. The molecule has 104 heavy (non-hydrogen) atoms. The fraction of sp³-hybridized carbons (Fsp3) is 0.565. The number of carbonyl (C=O) groups excluding carboxylic acids is 4. The highest BCUT2D eigenvalue weighted by Crippen LogP contribution is 2.53. The molecule has 12 heteroatoms. The molecule has 0 saturated heterocycles. The van der Waals surface area contributed by atoms with Gasteiger partial charge in [-0.2, -0.15) is 0 Å². The van der Waals surface area contributed by atoms with Gasteiger partial charge in [-0.3, -0.25) is 34.0 Å². The molecule has 6 aromatic rings. The second kappa shape index (κ2) is 36.2. The third-order valence-corrected chi connectivity index (χ3v) is 26.1. The first-order valence-corrected chi connectivity index (χ1v) is 43.6. The van der Waals surface area contributed by atoms with Crippen LogP contribution in [-0.2, 0) is 9.59 Å². The number of imide groups is 2. The third kappa shape index (κ3) is 16.4. The Hall–Kier alpha value is -6.76. The number of thiophene rings is 2. The van der Waals surface area contributed by atoms with E-state index in [0.717, 1.165) is 159 Å². The van der Waals surface area contributed by atoms with Crippen LogP contribution in [0.2, 0.25) is 0 Å². The summed E-state index contributed by atoms with van der Waals surface area (Å²) < 4.78 is 0. The summed E-state index contributed by atoms with van der Waals surface area (Å²) in [7, 11) is 0. The van der Waals surface area contributed by atoms with Gasteiger partial charge in [0.2, 0.25) is 0 Å². The predicted molar refractivity (Wildman–Crippen MR) is 435 cm³/mol. The summed E-state index contributed by atoms with van der Waals surface area (Å²) in [5.74, 6) is -0.593. The molecular weight excluding hydrogens is 1320 g/mol. The Kier molecular flexibility index (Phi) is 26.3. The first-order chi connectivity index (χ1) is 51.0. The van der Waals surface area contributed by atoms with Crippen molar-refractivity contribution in [3.05, 3.63) is 138 Å². The van der Waals surface area contributed by atoms with Crippen molar-refractivity contribution in [3.63, 3.8) is 0 Å². The maximum Gasteiger partial charge on any atom is 0.261 e. The summed E-state index contributed by atoms with van der Waals surface area (Å²) >= 11 is 3.41. The van der Waals surface area contributed by atoms with Crippen molar-refractivity contribution in [2.45, 2.75) is 304 Å². The fourth-order valence-electron chi connectivity index (χ4n) is 18.3. The average molecular weight is 1440 g/mol. The van der Waals surface area contributed by atoms with Crippen LogP contribution < -0.4 is 10.7 Å². The van der Waals surface area contributed by atoms with Crippen LogP contribution in [0.25, 0.3) is 53.8 Å². The molecule has 10 nitrogen and oxygen atoms in total. The lowest BCUT2D eigenvalue weighted by atomic mass is 9.73. The second-order valence-electron chi connectivity index (χ2n) is 31.9. The first-order valence-electron chi connectivity index (χ1n) is 41.9. The van der Waals surface area contributed by atoms with Crippen molar-refractivity contribution in [3.8, 4) is 20.9 Å². The highest BCUT2D eigenvalue weighted by molar-refractivity contribution is 7.16. The molecule has 3 aromatic heterocycles. The van der Waals surface area contributed by atoms with Crippen LogP contribution in [0.5, 0.6) is 0 Å². The van der Waals surface area contributed by atoms with Crippen molar-refractivity contribution in [2.24, 2.45) is 27.7 Å². The van der Waals surface area contributed by atoms with Crippen LogP contribution >= 0.6 is 22.7 Å². The van der Waals surface area contributed by atoms with E-state index in [1.54, 1.807) is 32.5 Å². The topological polar surface area (TPSA) is 125 Å². The number of hydrogen-bond acceptors (Lipinski definition) is 10. The maximum atomic E-state index is 15.2. The summed E-state index contributed by atoms with van der Waals surface area (Å²) in [4.78, 5) is 91.7. The van der Waals surface area contributed by atoms with Gasteiger partial charge in [-0.15, -0.1) is 22.7 Å². The molecule has 0 N–H and O–H groups in total. The van der Waals surface area contributed by atoms with Crippen LogP contribution in [0.1, 0.15) is 338 Å². The highest BCUT2D eigenvalue weighted by atomic mass is 32.1. The van der Waals surface area contributed by atoms with Gasteiger partial charge in [-0.25, -0.2) is 15.0 Å². The summed E-state index contributed by atoms with van der Waals surface area (Å²) in [5.41, 5.74) is 12.4. The van der Waals surface area contributed by atoms with Crippen molar-refractivity contribution >= 4 is 90.7 Å². The van der Waals surface area contributed by atoms with Gasteiger partial charge in [-0.1, -0.05) is 283 Å². The number of nitrogens with zero attached hydrogens (tertiary/aromatic N) is 6. The van der Waals surface area contributed by atoms with Gasteiger partial charge in [0.1, 0.15) is 22.8 Å². The molecule has 0 spiro atoms. The molecule has 4 unspecified atom stereocenters. The monoisotopic (exact) mass is 1430 g/mol. The van der Waals surface area contributed by atoms with Crippen LogP contribution in [0.4, 0.5) is 5.69 Å². The van der Waals surface area contributed by atoms with Gasteiger partial charge in [0.05, 0.1) is 22.1 Å². The van der Waals surface area contributed by atoms with Crippen LogP contribution in [0.3, 0.4) is 0 Å². The zero-order chi connectivity index (χ0) is 72.1. The molecule has 4 amide bonds. The van der Waals surface area contributed by atoms with E-state index in [0.29, 0.717) is 35.4 Å². The number of benzene rings is 3. The van der Waals surface area contributed by atoms with Gasteiger partial charge in [0, 0.05) is 82.9 Å². The van der Waals surface area contributed by atoms with E-state index in [1.165, 1.54) is 205 Å². The normalized spacial score (nSPS) is 17.3. The Balaban J connectivity index is 0.806. The van der Waals surface area contributed by atoms with E-state index >= 15 is 19.2 Å². The van der Waals surface area contributed by atoms with E-state index in [1.807, 2.05) is 24.3 Å². The van der Waals surface area contributed by atoms with Gasteiger partial charge in [0.25, 0.3) is 23.6 Å². The molecule has 0 saturated carbocycles. The molecule has 0 fully saturated rings. The molecule has 3 aliphatic heterocycles. The number of rotatable bonds is 46. The Bertz CT molecular complexity index is 4400. The van der Waals surface area contributed by atoms with Crippen LogP contribution in [0, 0.1) is 31.6 Å². The summed E-state index contributed by atoms with van der Waals surface area (Å²) in [6, 6.07) is 16.3. The molecule has 0 radical (unpaired) electrons. The van der Waals surface area contributed by atoms with E-state index in [-0.39, 0.29) is 41.4 Å². The number of aliphatic imine (C=N–C) groups is 1. The van der Waals surface area contributed by atoms with Crippen molar-refractivity contribution in [2.75, 3.05) is 13.1 Å². The molecule has 4 aliphatic carbocycles. The van der Waals surface area contributed by atoms with Gasteiger partial charge in [0.15, 0.2) is 0 Å². The Morgan fingerprint density at radius 1 is 0.442 bits per heavy atom. The van der Waals surface area contributed by atoms with Crippen molar-refractivity contribution in [1.29, 1.82) is 0 Å². The minimum atomic E-state index is -0.501. The van der Waals surface area contributed by atoms with Crippen LogP contribution in [-0.4, -0.2) is 62.2 Å². The summed E-state index contributed by atoms with van der Waals surface area (Å²) in [6.45, 7) is 14.3. The second-order valence-corrected chi connectivity index (χ2v) is 34.5. The Morgan fingerprint density at radius 3 is 1.37 bits per heavy atom. The van der Waals surface area contributed by atoms with E-state index in [2.05, 4.69) is 90.1 Å². The van der Waals surface area contributed by atoms with Crippen LogP contribution in [0.15, 0.2) is 99.5 Å². The smallest absolute Gasteiger partial charge is 0.261 e. The molecule has 6 heterocycles. The molecule has 0 bridgehead atoms. The molecule has 13 rings (SSSR count). The molecule has 552 valence electrons. The number of aryl methyl sites for hydroxylation is 2. The fourth-order valence-corrected chi connectivity index (χ4v) is 20.1. The molecule has 4 atom stereocenters. The number of carbonyl (C=O) groups is 4. The van der Waals surface area contributed by atoms with Gasteiger partial charge >= 0.3 is 0 Å². The van der Waals surface area contributed by atoms with E-state index < -0.39 is 6.04 Å². The zero-order valence-corrected chi connectivity index (χ0v) is 65.7. The van der Waals surface area contributed by atoms with Crippen molar-refractivity contribution < 1.29 is 19.2 Å². The maximum absolute atomic E-state index is 15.2. The predicted octanol–water partition coefficient (Wildman–Crippen LogP) is 24.5. The number of unbranched alkanes of at least 4 members (excludes halogenated alkanes) is 32. The molecule has 3 aromatic carbocycles. The number of hydrogen-bond donors (Lipinski definition) is 0. The van der Waals surface area contributed by atoms with E-state index in [9.17, 15) is 0 Å². The zero-order valence-electron chi connectivity index (χ0n) is 64.1. The third-order valence-electron chi connectivity index (χ3n) is 24.1. The standard InChI is InChI=1S/C92H118N6O4S2/c1-7-11-15-19-23-27-29-33-37-41-45-63(43-39-35-31-25-21-17-13-9-3)59-97-89(99)69-53-49-65-75-66(50-54-70(77(69)75)90(97)100)82-81(65)93-85-79(73-57-47-61(5)103-73)87-88(80(86(85)94-82)74-58-48-62(6)104-74)96-84-68-52-56-72-78-71(55-51-67(76(68)78)83(84)95-87)91(101)98(92(72)102)60-64(44-40-36-32-26-22-18-14-10-4)46-42-38-34-30-28-24-20-16-12-8-2/h47-58,63-64,75,83H,7-46,59-60H2,1-6H3. The lowest BCUT2D eigenvalue weighted by Gasteiger charge is -2.37. The largest absolute Gasteiger partial charge is 0.274 e. The first kappa shape index (κ1) is 75.5. The average Bonchev–Trinajstić information content (AvgIpc) is 1.51. The summed E-state index contributed by atoms with van der Waals surface area (Å²) in [6.07, 6.45) is 58.1. The van der Waals surface area contributed by atoms with Gasteiger partial charge < -0.3 is 0 Å². The highest BCUT2D eigenvalue weighted by Gasteiger charge is 2.48. The van der Waals surface area contributed by atoms with E-state index in [4.69, 9.17) is 20.0 Å². The Labute approximate surface area is 629 Å². The number of amides is 4. The quantitative estimate of drug-likeness (QED) is 0.0277. The SMILES string of the molecule is CCCCCCCCCCCCC(CCCCCCCCCC)CN1C(=O)C2=CC=C3c4nc5c(-c6ccc(C)s6)c6c(c(-c7ccc(C)s7)c5nc4=C4C=CC(=C2C34)C1=O)N=C1c2ccc3c4c(ccc(c24)C1N=6)C(=O)N(CC(CCCCCCCCCC)CCCCCCCCCCCC)C3=O. The molecular formula is C92H118N6O4S2. The molecule has 7 aliphatic rings. The number of aromatic nitrogens is 2. The number of allylic oxidation sites excluding steroid dienone is 4. The minimum absolute atomic E-state index is 0.181. The Morgan fingerprint density at radius 2 is 0.885 bits per heavy atom. The lowest BCUT2D eigenvalue weighted by molar-refractivity contribution is -0.141. The minimum Gasteiger partial charge on any atom is -0.274 e.